The average Bonchev–Trinajstić information content (AvgIpc) is 2.63. The Bertz CT molecular complexity index is 697. The predicted octanol–water partition coefficient (Wildman–Crippen LogP) is 2.28. The summed E-state index contributed by atoms with van der Waals surface area (Å²) in [5.41, 5.74) is 4.89. The lowest BCUT2D eigenvalue weighted by Gasteiger charge is -2.17. The number of likely N-dealkylation sites (N-methyl/N-ethyl adjacent to an activating group) is 1. The third-order valence-electron chi connectivity index (χ3n) is 3.58. The number of hydrogen-bond donors (Lipinski definition) is 2. The van der Waals surface area contributed by atoms with E-state index >= 15 is 0 Å². The van der Waals surface area contributed by atoms with Crippen molar-refractivity contribution >= 4 is 17.8 Å². The highest BCUT2D eigenvalue weighted by Crippen LogP contribution is 2.13. The van der Waals surface area contributed by atoms with Crippen LogP contribution in [0, 0.1) is 0 Å². The molecule has 0 aromatic heterocycles. The third kappa shape index (κ3) is 5.61. The molecule has 0 radical (unpaired) electrons. The number of rotatable bonds is 8. The minimum atomic E-state index is -0.279. The van der Waals surface area contributed by atoms with Crippen molar-refractivity contribution < 1.29 is 14.6 Å². The summed E-state index contributed by atoms with van der Waals surface area (Å²) in [6.45, 7) is 3.18. The van der Waals surface area contributed by atoms with Crippen LogP contribution in [0.4, 0.5) is 5.69 Å². The molecular formula is C19H23N3O3. The van der Waals surface area contributed by atoms with Crippen molar-refractivity contribution in [3.63, 3.8) is 0 Å². The molecule has 0 atom stereocenters. The number of benzene rings is 2. The molecule has 6 heteroatoms. The van der Waals surface area contributed by atoms with E-state index in [0.717, 1.165) is 17.0 Å². The Balaban J connectivity index is 1.90. The molecule has 0 aliphatic heterocycles. The first-order chi connectivity index (χ1) is 12.1. The van der Waals surface area contributed by atoms with Gasteiger partial charge >= 0.3 is 0 Å². The molecule has 0 saturated heterocycles. The second-order valence-corrected chi connectivity index (χ2v) is 5.39. The van der Waals surface area contributed by atoms with Gasteiger partial charge < -0.3 is 14.7 Å². The third-order valence-corrected chi connectivity index (χ3v) is 3.58. The predicted molar refractivity (Wildman–Crippen MR) is 99.5 cm³/mol. The van der Waals surface area contributed by atoms with Gasteiger partial charge in [-0.15, -0.1) is 0 Å². The van der Waals surface area contributed by atoms with E-state index in [-0.39, 0.29) is 12.5 Å². The summed E-state index contributed by atoms with van der Waals surface area (Å²) in [5, 5.41) is 12.9. The molecule has 6 nitrogen and oxygen atoms in total. The summed E-state index contributed by atoms with van der Waals surface area (Å²) in [4.78, 5) is 14.0. The monoisotopic (exact) mass is 341 g/mol. The summed E-state index contributed by atoms with van der Waals surface area (Å²) in [5.74, 6) is 0.451. The maximum absolute atomic E-state index is 12.0. The van der Waals surface area contributed by atoms with Crippen LogP contribution in [0.3, 0.4) is 0 Å². The van der Waals surface area contributed by atoms with E-state index in [4.69, 9.17) is 9.84 Å². The first kappa shape index (κ1) is 18.5. The molecule has 2 N–H and O–H groups in total. The number of nitrogens with zero attached hydrogens (tertiary/aromatic N) is 2. The number of aliphatic hydroxyl groups is 1. The average molecular weight is 341 g/mol. The minimum Gasteiger partial charge on any atom is -0.494 e. The molecular weight excluding hydrogens is 318 g/mol. The molecule has 0 fully saturated rings. The van der Waals surface area contributed by atoms with E-state index in [1.807, 2.05) is 43.1 Å². The van der Waals surface area contributed by atoms with Gasteiger partial charge in [-0.05, 0) is 48.9 Å². The van der Waals surface area contributed by atoms with Crippen molar-refractivity contribution in [1.82, 2.24) is 5.43 Å². The number of hydrogen-bond acceptors (Lipinski definition) is 5. The molecule has 1 amide bonds. The van der Waals surface area contributed by atoms with Gasteiger partial charge in [0.1, 0.15) is 5.75 Å². The zero-order valence-electron chi connectivity index (χ0n) is 14.5. The number of anilines is 1. The largest absolute Gasteiger partial charge is 0.494 e. The van der Waals surface area contributed by atoms with Crippen LogP contribution < -0.4 is 15.1 Å². The smallest absolute Gasteiger partial charge is 0.271 e. The molecule has 0 aliphatic carbocycles. The minimum absolute atomic E-state index is 0.108. The summed E-state index contributed by atoms with van der Waals surface area (Å²) < 4.78 is 5.34. The van der Waals surface area contributed by atoms with Crippen molar-refractivity contribution in [2.75, 3.05) is 31.7 Å². The highest BCUT2D eigenvalue weighted by atomic mass is 16.5. The lowest BCUT2D eigenvalue weighted by Crippen LogP contribution is -2.20. The van der Waals surface area contributed by atoms with Gasteiger partial charge in [-0.25, -0.2) is 5.43 Å². The Kier molecular flexibility index (Phi) is 6.98. The van der Waals surface area contributed by atoms with Gasteiger partial charge in [0.05, 0.1) is 19.4 Å². The number of ether oxygens (including phenoxy) is 1. The first-order valence-corrected chi connectivity index (χ1v) is 8.12. The molecule has 0 bridgehead atoms. The number of aliphatic hydroxyl groups excluding tert-OH is 1. The van der Waals surface area contributed by atoms with E-state index in [1.54, 1.807) is 30.5 Å². The van der Waals surface area contributed by atoms with Crippen molar-refractivity contribution in [2.45, 2.75) is 6.92 Å². The van der Waals surface area contributed by atoms with Gasteiger partial charge in [0.2, 0.25) is 0 Å². The van der Waals surface area contributed by atoms with Gasteiger partial charge in [0.15, 0.2) is 0 Å². The van der Waals surface area contributed by atoms with Gasteiger partial charge in [-0.2, -0.15) is 5.10 Å². The molecule has 0 heterocycles. The fraction of sp³-hybridized carbons (Fsp3) is 0.263. The lowest BCUT2D eigenvalue weighted by atomic mass is 10.2. The normalized spacial score (nSPS) is 10.7. The molecule has 25 heavy (non-hydrogen) atoms. The van der Waals surface area contributed by atoms with E-state index in [0.29, 0.717) is 18.7 Å². The van der Waals surface area contributed by atoms with Gasteiger partial charge in [0, 0.05) is 24.8 Å². The molecule has 0 unspecified atom stereocenters. The van der Waals surface area contributed by atoms with Gasteiger partial charge in [-0.3, -0.25) is 4.79 Å². The van der Waals surface area contributed by atoms with Gasteiger partial charge in [-0.1, -0.05) is 12.1 Å². The van der Waals surface area contributed by atoms with E-state index < -0.39 is 0 Å². The SMILES string of the molecule is CCOc1ccc(C(=O)N/N=C/c2ccc(N(C)CCO)cc2)cc1. The van der Waals surface area contributed by atoms with Crippen LogP contribution in [0.15, 0.2) is 53.6 Å². The number of carbonyl (C=O) groups excluding carboxylic acids is 1. The Hall–Kier alpha value is -2.86. The summed E-state index contributed by atoms with van der Waals surface area (Å²) >= 11 is 0. The van der Waals surface area contributed by atoms with E-state index in [1.165, 1.54) is 0 Å². The zero-order valence-corrected chi connectivity index (χ0v) is 14.5. The lowest BCUT2D eigenvalue weighted by molar-refractivity contribution is 0.0955. The Labute approximate surface area is 147 Å². The molecule has 0 spiro atoms. The van der Waals surface area contributed by atoms with Crippen molar-refractivity contribution in [3.05, 3.63) is 59.7 Å². The quantitative estimate of drug-likeness (QED) is 0.571. The Morgan fingerprint density at radius 2 is 1.88 bits per heavy atom. The second kappa shape index (κ2) is 9.44. The second-order valence-electron chi connectivity index (χ2n) is 5.39. The van der Waals surface area contributed by atoms with Crippen LogP contribution in [0.1, 0.15) is 22.8 Å². The van der Waals surface area contributed by atoms with Crippen molar-refractivity contribution in [1.29, 1.82) is 0 Å². The van der Waals surface area contributed by atoms with Gasteiger partial charge in [0.25, 0.3) is 5.91 Å². The topological polar surface area (TPSA) is 74.2 Å². The number of nitrogens with one attached hydrogen (secondary N) is 1. The fourth-order valence-electron chi connectivity index (χ4n) is 2.19. The highest BCUT2D eigenvalue weighted by Gasteiger charge is 2.04. The highest BCUT2D eigenvalue weighted by molar-refractivity contribution is 5.95. The molecule has 2 aromatic rings. The van der Waals surface area contributed by atoms with Crippen molar-refractivity contribution in [2.24, 2.45) is 5.10 Å². The number of amides is 1. The fourth-order valence-corrected chi connectivity index (χ4v) is 2.19. The van der Waals surface area contributed by atoms with Crippen LogP contribution in [0.5, 0.6) is 5.75 Å². The molecule has 0 aliphatic rings. The molecule has 132 valence electrons. The maximum Gasteiger partial charge on any atom is 0.271 e. The zero-order chi connectivity index (χ0) is 18.1. The Morgan fingerprint density at radius 3 is 2.48 bits per heavy atom. The number of hydrazone groups is 1. The first-order valence-electron chi connectivity index (χ1n) is 8.12. The van der Waals surface area contributed by atoms with Crippen LogP contribution in [0.25, 0.3) is 0 Å². The molecule has 2 aromatic carbocycles. The maximum atomic E-state index is 12.0. The molecule has 2 rings (SSSR count). The van der Waals surface area contributed by atoms with Crippen molar-refractivity contribution in [3.8, 4) is 5.75 Å². The van der Waals surface area contributed by atoms with E-state index in [9.17, 15) is 4.79 Å². The van der Waals surface area contributed by atoms with Crippen LogP contribution in [-0.4, -0.2) is 44.0 Å². The Morgan fingerprint density at radius 1 is 1.20 bits per heavy atom. The van der Waals surface area contributed by atoms with E-state index in [2.05, 4.69) is 10.5 Å². The summed E-state index contributed by atoms with van der Waals surface area (Å²) in [7, 11) is 1.91. The summed E-state index contributed by atoms with van der Waals surface area (Å²) in [6, 6.07) is 14.6. The standard InChI is InChI=1S/C19H23N3O3/c1-3-25-18-10-6-16(7-11-18)19(24)21-20-14-15-4-8-17(9-5-15)22(2)12-13-23/h4-11,14,23H,3,12-13H2,1-2H3,(H,21,24)/b20-14+. The van der Waals surface area contributed by atoms with Crippen LogP contribution in [0.2, 0.25) is 0 Å². The van der Waals surface area contributed by atoms with Crippen LogP contribution >= 0.6 is 0 Å². The number of carbonyl (C=O) groups is 1. The molecule has 0 saturated carbocycles. The summed E-state index contributed by atoms with van der Waals surface area (Å²) in [6.07, 6.45) is 1.59. The van der Waals surface area contributed by atoms with Crippen LogP contribution in [-0.2, 0) is 0 Å².